The Labute approximate surface area is 115 Å². The van der Waals surface area contributed by atoms with Crippen LogP contribution in [-0.4, -0.2) is 39.6 Å². The van der Waals surface area contributed by atoms with E-state index in [2.05, 4.69) is 0 Å². The molecule has 108 valence electrons. The van der Waals surface area contributed by atoms with Crippen molar-refractivity contribution in [3.05, 3.63) is 29.8 Å². The predicted octanol–water partition coefficient (Wildman–Crippen LogP) is 2.65. The lowest BCUT2D eigenvalue weighted by atomic mass is 10.2. The van der Waals surface area contributed by atoms with Crippen molar-refractivity contribution in [3.63, 3.8) is 0 Å². The number of hydrogen-bond donors (Lipinski definition) is 0. The fourth-order valence-electron chi connectivity index (χ4n) is 1.64. The highest BCUT2D eigenvalue weighted by Gasteiger charge is 2.02. The molecule has 0 aliphatic carbocycles. The zero-order valence-corrected chi connectivity index (χ0v) is 12.1. The maximum Gasteiger partial charge on any atom is 0.119 e. The van der Waals surface area contributed by atoms with Crippen LogP contribution in [0.15, 0.2) is 24.3 Å². The lowest BCUT2D eigenvalue weighted by Gasteiger charge is -2.12. The van der Waals surface area contributed by atoms with Crippen LogP contribution < -0.4 is 4.74 Å². The number of hydrogen-bond acceptors (Lipinski definition) is 4. The van der Waals surface area contributed by atoms with Gasteiger partial charge in [-0.1, -0.05) is 12.1 Å². The summed E-state index contributed by atoms with van der Waals surface area (Å²) in [5.41, 5.74) is 1.10. The molecule has 0 aliphatic heterocycles. The summed E-state index contributed by atoms with van der Waals surface area (Å²) in [5, 5.41) is 0. The molecular formula is C15H24O4. The van der Waals surface area contributed by atoms with E-state index in [4.69, 9.17) is 18.9 Å². The van der Waals surface area contributed by atoms with Gasteiger partial charge in [-0.2, -0.15) is 0 Å². The molecule has 0 N–H and O–H groups in total. The Morgan fingerprint density at radius 3 is 2.79 bits per heavy atom. The Bertz CT molecular complexity index is 341. The zero-order valence-electron chi connectivity index (χ0n) is 12.1. The lowest BCUT2D eigenvalue weighted by Crippen LogP contribution is -2.15. The van der Waals surface area contributed by atoms with Gasteiger partial charge < -0.3 is 18.9 Å². The van der Waals surface area contributed by atoms with Crippen LogP contribution in [0.2, 0.25) is 0 Å². The number of ether oxygens (including phenoxy) is 4. The second kappa shape index (κ2) is 9.78. The van der Waals surface area contributed by atoms with E-state index in [1.54, 1.807) is 7.11 Å². The summed E-state index contributed by atoms with van der Waals surface area (Å²) >= 11 is 0. The van der Waals surface area contributed by atoms with Gasteiger partial charge in [0.2, 0.25) is 0 Å². The van der Waals surface area contributed by atoms with Crippen LogP contribution in [0.3, 0.4) is 0 Å². The normalized spacial score (nSPS) is 12.4. The molecule has 0 amide bonds. The molecule has 4 heteroatoms. The van der Waals surface area contributed by atoms with Crippen LogP contribution in [0.1, 0.15) is 19.4 Å². The van der Waals surface area contributed by atoms with Gasteiger partial charge in [0.05, 0.1) is 25.9 Å². The SMILES string of the molecule is CCO[C@H](C)COCc1cccc(OCCOC)c1. The fraction of sp³-hybridized carbons (Fsp3) is 0.600. The van der Waals surface area contributed by atoms with Gasteiger partial charge in [-0.3, -0.25) is 0 Å². The standard InChI is InChI=1S/C15H24O4/c1-4-18-13(2)11-17-12-14-6-5-7-15(10-14)19-9-8-16-3/h5-7,10,13H,4,8-9,11-12H2,1-3H3/t13-/m1/s1. The summed E-state index contributed by atoms with van der Waals surface area (Å²) in [5.74, 6) is 0.844. The van der Waals surface area contributed by atoms with Gasteiger partial charge in [0.25, 0.3) is 0 Å². The molecule has 0 aromatic heterocycles. The highest BCUT2D eigenvalue weighted by molar-refractivity contribution is 5.28. The van der Waals surface area contributed by atoms with Gasteiger partial charge >= 0.3 is 0 Å². The molecule has 19 heavy (non-hydrogen) atoms. The first-order chi connectivity index (χ1) is 9.26. The summed E-state index contributed by atoms with van der Waals surface area (Å²) in [7, 11) is 1.66. The molecule has 1 rings (SSSR count). The summed E-state index contributed by atoms with van der Waals surface area (Å²) < 4.78 is 21.5. The van der Waals surface area contributed by atoms with Crippen LogP contribution in [-0.2, 0) is 20.8 Å². The molecule has 1 aromatic carbocycles. The molecule has 0 saturated carbocycles. The minimum Gasteiger partial charge on any atom is -0.491 e. The van der Waals surface area contributed by atoms with Crippen molar-refractivity contribution in [2.45, 2.75) is 26.6 Å². The molecule has 0 aliphatic rings. The molecule has 0 spiro atoms. The second-order valence-electron chi connectivity index (χ2n) is 4.27. The monoisotopic (exact) mass is 268 g/mol. The van der Waals surface area contributed by atoms with Crippen molar-refractivity contribution in [2.24, 2.45) is 0 Å². The Morgan fingerprint density at radius 2 is 2.05 bits per heavy atom. The van der Waals surface area contributed by atoms with Gasteiger partial charge in [0, 0.05) is 13.7 Å². The first-order valence-corrected chi connectivity index (χ1v) is 6.66. The molecule has 0 unspecified atom stereocenters. The summed E-state index contributed by atoms with van der Waals surface area (Å²) in [4.78, 5) is 0. The maximum atomic E-state index is 5.61. The van der Waals surface area contributed by atoms with E-state index in [1.807, 2.05) is 38.1 Å². The minimum atomic E-state index is 0.131. The zero-order chi connectivity index (χ0) is 13.9. The summed E-state index contributed by atoms with van der Waals surface area (Å²) in [6.45, 7) is 7.02. The molecule has 0 saturated heterocycles. The van der Waals surface area contributed by atoms with E-state index in [0.717, 1.165) is 11.3 Å². The predicted molar refractivity (Wildman–Crippen MR) is 74.6 cm³/mol. The maximum absolute atomic E-state index is 5.61. The molecule has 0 bridgehead atoms. The van der Waals surface area contributed by atoms with E-state index in [9.17, 15) is 0 Å². The van der Waals surface area contributed by atoms with Crippen molar-refractivity contribution in [1.82, 2.24) is 0 Å². The third kappa shape index (κ3) is 7.15. The van der Waals surface area contributed by atoms with E-state index < -0.39 is 0 Å². The highest BCUT2D eigenvalue weighted by atomic mass is 16.5. The fourth-order valence-corrected chi connectivity index (χ4v) is 1.64. The lowest BCUT2D eigenvalue weighted by molar-refractivity contribution is -0.00716. The van der Waals surface area contributed by atoms with Gasteiger partial charge in [0.15, 0.2) is 0 Å². The van der Waals surface area contributed by atoms with Crippen molar-refractivity contribution in [3.8, 4) is 5.75 Å². The van der Waals surface area contributed by atoms with Crippen molar-refractivity contribution in [1.29, 1.82) is 0 Å². The first kappa shape index (κ1) is 16.0. The molecule has 1 atom stereocenters. The Hall–Kier alpha value is -1.10. The largest absolute Gasteiger partial charge is 0.491 e. The van der Waals surface area contributed by atoms with E-state index in [0.29, 0.717) is 33.0 Å². The van der Waals surface area contributed by atoms with Crippen molar-refractivity contribution in [2.75, 3.05) is 33.5 Å². The summed E-state index contributed by atoms with van der Waals surface area (Å²) in [6, 6.07) is 7.91. The molecule has 0 fully saturated rings. The highest BCUT2D eigenvalue weighted by Crippen LogP contribution is 2.14. The Morgan fingerprint density at radius 1 is 1.21 bits per heavy atom. The second-order valence-corrected chi connectivity index (χ2v) is 4.27. The van der Waals surface area contributed by atoms with Gasteiger partial charge in [0.1, 0.15) is 12.4 Å². The van der Waals surface area contributed by atoms with Crippen LogP contribution in [0.25, 0.3) is 0 Å². The first-order valence-electron chi connectivity index (χ1n) is 6.66. The smallest absolute Gasteiger partial charge is 0.119 e. The third-order valence-electron chi connectivity index (χ3n) is 2.53. The van der Waals surface area contributed by atoms with Crippen molar-refractivity contribution >= 4 is 0 Å². The minimum absolute atomic E-state index is 0.131. The average Bonchev–Trinajstić information content (AvgIpc) is 2.40. The Balaban J connectivity index is 2.31. The molecule has 4 nitrogen and oxygen atoms in total. The van der Waals surface area contributed by atoms with Gasteiger partial charge in [-0.15, -0.1) is 0 Å². The summed E-state index contributed by atoms with van der Waals surface area (Å²) in [6.07, 6.45) is 0.131. The molecule has 0 radical (unpaired) electrons. The van der Waals surface area contributed by atoms with Crippen LogP contribution >= 0.6 is 0 Å². The Kier molecular flexibility index (Phi) is 8.21. The molecule has 0 heterocycles. The topological polar surface area (TPSA) is 36.9 Å². The number of benzene rings is 1. The van der Waals surface area contributed by atoms with E-state index >= 15 is 0 Å². The third-order valence-corrected chi connectivity index (χ3v) is 2.53. The van der Waals surface area contributed by atoms with Crippen LogP contribution in [0.4, 0.5) is 0 Å². The quantitative estimate of drug-likeness (QED) is 0.611. The van der Waals surface area contributed by atoms with Crippen LogP contribution in [0, 0.1) is 0 Å². The van der Waals surface area contributed by atoms with Gasteiger partial charge in [-0.25, -0.2) is 0 Å². The van der Waals surface area contributed by atoms with E-state index in [1.165, 1.54) is 0 Å². The number of rotatable bonds is 10. The average molecular weight is 268 g/mol. The van der Waals surface area contributed by atoms with Crippen molar-refractivity contribution < 1.29 is 18.9 Å². The van der Waals surface area contributed by atoms with Gasteiger partial charge in [-0.05, 0) is 31.5 Å². The van der Waals surface area contributed by atoms with E-state index in [-0.39, 0.29) is 6.10 Å². The molecular weight excluding hydrogens is 244 g/mol. The van der Waals surface area contributed by atoms with Crippen LogP contribution in [0.5, 0.6) is 5.75 Å². The number of methoxy groups -OCH3 is 1. The molecule has 1 aromatic rings.